The number of carbonyl (C=O) groups excluding carboxylic acids is 1. The SMILES string of the molecule is CC(C)N(CC1CC1)C(=O)c1cc(Br)cn1C. The molecule has 94 valence electrons. The first-order valence-electron chi connectivity index (χ1n) is 6.12. The van der Waals surface area contributed by atoms with Crippen molar-refractivity contribution >= 4 is 21.8 Å². The van der Waals surface area contributed by atoms with E-state index in [0.717, 1.165) is 22.6 Å². The highest BCUT2D eigenvalue weighted by atomic mass is 79.9. The van der Waals surface area contributed by atoms with Crippen LogP contribution in [0, 0.1) is 5.92 Å². The molecule has 0 saturated heterocycles. The van der Waals surface area contributed by atoms with E-state index in [2.05, 4.69) is 29.8 Å². The van der Waals surface area contributed by atoms with Gasteiger partial charge in [-0.2, -0.15) is 0 Å². The molecule has 1 saturated carbocycles. The first-order chi connectivity index (χ1) is 7.99. The second kappa shape index (κ2) is 4.84. The van der Waals surface area contributed by atoms with E-state index < -0.39 is 0 Å². The van der Waals surface area contributed by atoms with E-state index in [1.165, 1.54) is 12.8 Å². The van der Waals surface area contributed by atoms with Crippen LogP contribution in [0.3, 0.4) is 0 Å². The Morgan fingerprint density at radius 2 is 2.24 bits per heavy atom. The molecule has 0 atom stereocenters. The van der Waals surface area contributed by atoms with E-state index in [-0.39, 0.29) is 11.9 Å². The first-order valence-corrected chi connectivity index (χ1v) is 6.91. The molecule has 1 aliphatic carbocycles. The van der Waals surface area contributed by atoms with Gasteiger partial charge in [-0.3, -0.25) is 4.79 Å². The number of hydrogen-bond donors (Lipinski definition) is 0. The van der Waals surface area contributed by atoms with Crippen molar-refractivity contribution < 1.29 is 4.79 Å². The van der Waals surface area contributed by atoms with Crippen molar-refractivity contribution in [3.05, 3.63) is 22.4 Å². The Labute approximate surface area is 111 Å². The number of hydrogen-bond acceptors (Lipinski definition) is 1. The second-order valence-electron chi connectivity index (χ2n) is 5.15. The summed E-state index contributed by atoms with van der Waals surface area (Å²) in [5.74, 6) is 0.866. The van der Waals surface area contributed by atoms with Crippen molar-refractivity contribution in [1.29, 1.82) is 0 Å². The Bertz CT molecular complexity index is 421. The van der Waals surface area contributed by atoms with Crippen LogP contribution in [0.1, 0.15) is 37.2 Å². The number of nitrogens with zero attached hydrogens (tertiary/aromatic N) is 2. The third-order valence-corrected chi connectivity index (χ3v) is 3.66. The zero-order valence-electron chi connectivity index (χ0n) is 10.6. The Morgan fingerprint density at radius 3 is 2.65 bits per heavy atom. The van der Waals surface area contributed by atoms with Gasteiger partial charge in [0.15, 0.2) is 0 Å². The molecule has 1 fully saturated rings. The molecule has 2 rings (SSSR count). The lowest BCUT2D eigenvalue weighted by molar-refractivity contribution is 0.0686. The standard InChI is InChI=1S/C13H19BrN2O/c1-9(2)16(7-10-4-5-10)13(17)12-6-11(14)8-15(12)3/h6,8-10H,4-5,7H2,1-3H3. The molecule has 0 N–H and O–H groups in total. The Kier molecular flexibility index (Phi) is 3.61. The van der Waals surface area contributed by atoms with Crippen LogP contribution in [0.15, 0.2) is 16.7 Å². The maximum Gasteiger partial charge on any atom is 0.270 e. The van der Waals surface area contributed by atoms with E-state index in [1.54, 1.807) is 0 Å². The summed E-state index contributed by atoms with van der Waals surface area (Å²) in [6, 6.07) is 2.15. The van der Waals surface area contributed by atoms with Crippen molar-refractivity contribution in [1.82, 2.24) is 9.47 Å². The molecule has 1 aliphatic rings. The van der Waals surface area contributed by atoms with Crippen molar-refractivity contribution in [2.75, 3.05) is 6.54 Å². The molecular formula is C13H19BrN2O. The van der Waals surface area contributed by atoms with E-state index in [0.29, 0.717) is 0 Å². The van der Waals surface area contributed by atoms with Crippen molar-refractivity contribution in [2.24, 2.45) is 13.0 Å². The number of carbonyl (C=O) groups is 1. The van der Waals surface area contributed by atoms with Gasteiger partial charge in [0.2, 0.25) is 0 Å². The smallest absolute Gasteiger partial charge is 0.270 e. The van der Waals surface area contributed by atoms with Crippen LogP contribution in [0.4, 0.5) is 0 Å². The van der Waals surface area contributed by atoms with Gasteiger partial charge >= 0.3 is 0 Å². The minimum Gasteiger partial charge on any atom is -0.345 e. The first kappa shape index (κ1) is 12.7. The van der Waals surface area contributed by atoms with Crippen molar-refractivity contribution in [3.8, 4) is 0 Å². The highest BCUT2D eigenvalue weighted by Gasteiger charge is 2.29. The van der Waals surface area contributed by atoms with E-state index >= 15 is 0 Å². The predicted octanol–water partition coefficient (Wildman–Crippen LogP) is 3.05. The van der Waals surface area contributed by atoms with Gasteiger partial charge < -0.3 is 9.47 Å². The van der Waals surface area contributed by atoms with Gasteiger partial charge in [0.1, 0.15) is 5.69 Å². The Morgan fingerprint density at radius 1 is 1.59 bits per heavy atom. The molecule has 0 unspecified atom stereocenters. The maximum atomic E-state index is 12.5. The normalized spacial score (nSPS) is 15.4. The average molecular weight is 299 g/mol. The monoisotopic (exact) mass is 298 g/mol. The van der Waals surface area contributed by atoms with Crippen LogP contribution < -0.4 is 0 Å². The third-order valence-electron chi connectivity index (χ3n) is 3.23. The van der Waals surface area contributed by atoms with Gasteiger partial charge in [0.25, 0.3) is 5.91 Å². The molecule has 3 nitrogen and oxygen atoms in total. The molecule has 1 amide bonds. The number of aryl methyl sites for hydroxylation is 1. The van der Waals surface area contributed by atoms with Crippen LogP contribution in [-0.4, -0.2) is 28.0 Å². The van der Waals surface area contributed by atoms with Crippen LogP contribution in [-0.2, 0) is 7.05 Å². The highest BCUT2D eigenvalue weighted by Crippen LogP contribution is 2.31. The number of halogens is 1. The van der Waals surface area contributed by atoms with Gasteiger partial charge in [-0.25, -0.2) is 0 Å². The van der Waals surface area contributed by atoms with Gasteiger partial charge in [-0.05, 0) is 54.6 Å². The van der Waals surface area contributed by atoms with Gasteiger partial charge in [0, 0.05) is 30.3 Å². The maximum absolute atomic E-state index is 12.5. The zero-order valence-corrected chi connectivity index (χ0v) is 12.2. The molecule has 4 heteroatoms. The fourth-order valence-electron chi connectivity index (χ4n) is 1.99. The Balaban J connectivity index is 2.17. The molecule has 1 aromatic heterocycles. The van der Waals surface area contributed by atoms with Crippen LogP contribution >= 0.6 is 15.9 Å². The zero-order chi connectivity index (χ0) is 12.6. The quantitative estimate of drug-likeness (QED) is 0.839. The molecule has 0 aromatic carbocycles. The lowest BCUT2D eigenvalue weighted by Crippen LogP contribution is -2.39. The molecule has 17 heavy (non-hydrogen) atoms. The topological polar surface area (TPSA) is 25.2 Å². The van der Waals surface area contributed by atoms with Crippen LogP contribution in [0.5, 0.6) is 0 Å². The number of amides is 1. The summed E-state index contributed by atoms with van der Waals surface area (Å²) in [6.45, 7) is 5.07. The minimum absolute atomic E-state index is 0.139. The van der Waals surface area contributed by atoms with E-state index in [9.17, 15) is 4.79 Å². The highest BCUT2D eigenvalue weighted by molar-refractivity contribution is 9.10. The summed E-state index contributed by atoms with van der Waals surface area (Å²) in [4.78, 5) is 14.5. The van der Waals surface area contributed by atoms with Gasteiger partial charge in [-0.15, -0.1) is 0 Å². The molecule has 1 heterocycles. The van der Waals surface area contributed by atoms with E-state index in [1.807, 2.05) is 28.8 Å². The lowest BCUT2D eigenvalue weighted by atomic mass is 10.2. The largest absolute Gasteiger partial charge is 0.345 e. The van der Waals surface area contributed by atoms with Crippen molar-refractivity contribution in [3.63, 3.8) is 0 Å². The summed E-state index contributed by atoms with van der Waals surface area (Å²) in [7, 11) is 1.91. The molecule has 0 spiro atoms. The molecular weight excluding hydrogens is 280 g/mol. The average Bonchev–Trinajstić information content (AvgIpc) is 2.99. The fourth-order valence-corrected chi connectivity index (χ4v) is 2.51. The van der Waals surface area contributed by atoms with Gasteiger partial charge in [-0.1, -0.05) is 0 Å². The molecule has 0 bridgehead atoms. The van der Waals surface area contributed by atoms with Gasteiger partial charge in [0.05, 0.1) is 0 Å². The number of rotatable bonds is 4. The van der Waals surface area contributed by atoms with Crippen molar-refractivity contribution in [2.45, 2.75) is 32.7 Å². The summed E-state index contributed by atoms with van der Waals surface area (Å²) in [6.07, 6.45) is 4.46. The predicted molar refractivity (Wildman–Crippen MR) is 72.0 cm³/mol. The lowest BCUT2D eigenvalue weighted by Gasteiger charge is -2.27. The molecule has 1 aromatic rings. The summed E-state index contributed by atoms with van der Waals surface area (Å²) in [5.41, 5.74) is 0.756. The summed E-state index contributed by atoms with van der Waals surface area (Å²) in [5, 5.41) is 0. The Hall–Kier alpha value is -0.770. The summed E-state index contributed by atoms with van der Waals surface area (Å²) < 4.78 is 2.84. The minimum atomic E-state index is 0.139. The van der Waals surface area contributed by atoms with E-state index in [4.69, 9.17) is 0 Å². The van der Waals surface area contributed by atoms with Crippen LogP contribution in [0.25, 0.3) is 0 Å². The molecule has 0 radical (unpaired) electrons. The third kappa shape index (κ3) is 2.92. The molecule has 0 aliphatic heterocycles. The second-order valence-corrected chi connectivity index (χ2v) is 6.06. The van der Waals surface area contributed by atoms with Crippen LogP contribution in [0.2, 0.25) is 0 Å². The number of aromatic nitrogens is 1. The summed E-state index contributed by atoms with van der Waals surface area (Å²) >= 11 is 3.41. The fraction of sp³-hybridized carbons (Fsp3) is 0.615.